The van der Waals surface area contributed by atoms with Crippen molar-refractivity contribution in [1.29, 1.82) is 0 Å². The number of rotatable bonds is 0. The molecule has 2 rings (SSSR count). The van der Waals surface area contributed by atoms with E-state index in [0.29, 0.717) is 0 Å². The molecule has 0 heterocycles. The molecule has 0 radical (unpaired) electrons. The maximum Gasteiger partial charge on any atom is 0.0318 e. The Labute approximate surface area is 62.3 Å². The molecule has 0 aromatic heterocycles. The Morgan fingerprint density at radius 3 is 3.20 bits per heavy atom. The van der Waals surface area contributed by atoms with Crippen LogP contribution in [-0.2, 0) is 0 Å². The van der Waals surface area contributed by atoms with E-state index >= 15 is 0 Å². The lowest BCUT2D eigenvalue weighted by Gasteiger charge is -2.16. The van der Waals surface area contributed by atoms with Crippen molar-refractivity contribution in [3.05, 3.63) is 11.6 Å². The van der Waals surface area contributed by atoms with Gasteiger partial charge in [-0.2, -0.15) is 0 Å². The highest BCUT2D eigenvalue weighted by Crippen LogP contribution is 2.42. The third-order valence-electron chi connectivity index (χ3n) is 2.74. The largest absolute Gasteiger partial charge is 0.322 e. The Kier molecular flexibility index (Phi) is 1.19. The Morgan fingerprint density at radius 1 is 1.70 bits per heavy atom. The first kappa shape index (κ1) is 6.41. The summed E-state index contributed by atoms with van der Waals surface area (Å²) in [6.45, 7) is 2.14. The van der Waals surface area contributed by atoms with Gasteiger partial charge in [0.05, 0.1) is 0 Å². The van der Waals surface area contributed by atoms with Crippen LogP contribution in [0.5, 0.6) is 0 Å². The lowest BCUT2D eigenvalue weighted by Crippen LogP contribution is -2.31. The monoisotopic (exact) mass is 137 g/mol. The lowest BCUT2D eigenvalue weighted by atomic mass is 9.97. The zero-order chi connectivity index (χ0) is 7.19. The van der Waals surface area contributed by atoms with Crippen LogP contribution in [0.25, 0.3) is 0 Å². The number of hydrogen-bond acceptors (Lipinski definition) is 1. The molecule has 2 unspecified atom stereocenters. The standard InChI is InChI=1S/C9H15N/c1-9(10)5-7-3-2-4-8(7)6-9/h5,8H,2-4,6,10H2,1H3. The van der Waals surface area contributed by atoms with Gasteiger partial charge in [-0.25, -0.2) is 0 Å². The zero-order valence-electron chi connectivity index (χ0n) is 6.56. The van der Waals surface area contributed by atoms with Gasteiger partial charge in [0.1, 0.15) is 0 Å². The SMILES string of the molecule is CC1(N)C=C2CCCC2C1. The predicted molar refractivity (Wildman–Crippen MR) is 42.6 cm³/mol. The quantitative estimate of drug-likeness (QED) is 0.506. The first-order valence-corrected chi connectivity index (χ1v) is 4.18. The fraction of sp³-hybridized carbons (Fsp3) is 0.778. The summed E-state index contributed by atoms with van der Waals surface area (Å²) in [5, 5.41) is 0. The van der Waals surface area contributed by atoms with Gasteiger partial charge in [0.25, 0.3) is 0 Å². The number of fused-ring (bicyclic) bond motifs is 1. The molecule has 1 fully saturated rings. The molecule has 0 aromatic rings. The second-order valence-electron chi connectivity index (χ2n) is 4.02. The molecule has 2 atom stereocenters. The minimum atomic E-state index is 0.0282. The lowest BCUT2D eigenvalue weighted by molar-refractivity contribution is 0.475. The molecule has 0 saturated heterocycles. The van der Waals surface area contributed by atoms with Gasteiger partial charge in [-0.05, 0) is 38.5 Å². The van der Waals surface area contributed by atoms with E-state index in [0.717, 1.165) is 5.92 Å². The van der Waals surface area contributed by atoms with E-state index in [4.69, 9.17) is 5.73 Å². The van der Waals surface area contributed by atoms with Crippen LogP contribution in [0.1, 0.15) is 32.6 Å². The molecule has 0 bridgehead atoms. The highest BCUT2D eigenvalue weighted by atomic mass is 14.7. The topological polar surface area (TPSA) is 26.0 Å². The molecule has 0 aromatic carbocycles. The van der Waals surface area contributed by atoms with Gasteiger partial charge in [-0.1, -0.05) is 11.6 Å². The Bertz CT molecular complexity index is 179. The molecule has 2 aliphatic carbocycles. The average molecular weight is 137 g/mol. The summed E-state index contributed by atoms with van der Waals surface area (Å²) in [4.78, 5) is 0. The van der Waals surface area contributed by atoms with Gasteiger partial charge in [-0.15, -0.1) is 0 Å². The van der Waals surface area contributed by atoms with E-state index in [9.17, 15) is 0 Å². The minimum Gasteiger partial charge on any atom is -0.322 e. The molecule has 0 amide bonds. The second-order valence-corrected chi connectivity index (χ2v) is 4.02. The van der Waals surface area contributed by atoms with E-state index < -0.39 is 0 Å². The van der Waals surface area contributed by atoms with E-state index in [1.807, 2.05) is 0 Å². The summed E-state index contributed by atoms with van der Waals surface area (Å²) in [5.74, 6) is 0.856. The minimum absolute atomic E-state index is 0.0282. The van der Waals surface area contributed by atoms with Crippen molar-refractivity contribution in [2.75, 3.05) is 0 Å². The maximum atomic E-state index is 5.99. The van der Waals surface area contributed by atoms with Crippen LogP contribution in [0.2, 0.25) is 0 Å². The van der Waals surface area contributed by atoms with E-state index in [1.54, 1.807) is 5.57 Å². The summed E-state index contributed by atoms with van der Waals surface area (Å²) in [6.07, 6.45) is 7.59. The van der Waals surface area contributed by atoms with Crippen molar-refractivity contribution >= 4 is 0 Å². The smallest absolute Gasteiger partial charge is 0.0318 e. The van der Waals surface area contributed by atoms with Crippen LogP contribution in [0.3, 0.4) is 0 Å². The Morgan fingerprint density at radius 2 is 2.50 bits per heavy atom. The third kappa shape index (κ3) is 0.891. The van der Waals surface area contributed by atoms with Crippen molar-refractivity contribution in [3.8, 4) is 0 Å². The molecule has 56 valence electrons. The van der Waals surface area contributed by atoms with Crippen molar-refractivity contribution in [3.63, 3.8) is 0 Å². The van der Waals surface area contributed by atoms with Crippen LogP contribution >= 0.6 is 0 Å². The third-order valence-corrected chi connectivity index (χ3v) is 2.74. The Balaban J connectivity index is 2.23. The van der Waals surface area contributed by atoms with Crippen LogP contribution in [-0.4, -0.2) is 5.54 Å². The summed E-state index contributed by atoms with van der Waals surface area (Å²) in [6, 6.07) is 0. The summed E-state index contributed by atoms with van der Waals surface area (Å²) < 4.78 is 0. The number of nitrogens with two attached hydrogens (primary N) is 1. The van der Waals surface area contributed by atoms with Crippen LogP contribution in [0.15, 0.2) is 11.6 Å². The predicted octanol–water partition coefficient (Wildman–Crippen LogP) is 1.83. The summed E-state index contributed by atoms with van der Waals surface area (Å²) in [5.41, 5.74) is 7.66. The van der Waals surface area contributed by atoms with Crippen molar-refractivity contribution in [1.82, 2.24) is 0 Å². The van der Waals surface area contributed by atoms with Gasteiger partial charge >= 0.3 is 0 Å². The first-order chi connectivity index (χ1) is 4.67. The second kappa shape index (κ2) is 1.85. The summed E-state index contributed by atoms with van der Waals surface area (Å²) >= 11 is 0. The molecule has 2 aliphatic rings. The van der Waals surface area contributed by atoms with Gasteiger partial charge < -0.3 is 5.73 Å². The fourth-order valence-electron chi connectivity index (χ4n) is 2.38. The molecule has 10 heavy (non-hydrogen) atoms. The maximum absolute atomic E-state index is 5.99. The molecule has 1 nitrogen and oxygen atoms in total. The van der Waals surface area contributed by atoms with E-state index in [-0.39, 0.29) is 5.54 Å². The zero-order valence-corrected chi connectivity index (χ0v) is 6.56. The van der Waals surface area contributed by atoms with Crippen molar-refractivity contribution < 1.29 is 0 Å². The molecule has 0 spiro atoms. The number of allylic oxidation sites excluding steroid dienone is 1. The van der Waals surface area contributed by atoms with Crippen molar-refractivity contribution in [2.45, 2.75) is 38.1 Å². The normalized spacial score (nSPS) is 45.4. The molecule has 2 N–H and O–H groups in total. The van der Waals surface area contributed by atoms with Crippen LogP contribution < -0.4 is 5.73 Å². The van der Waals surface area contributed by atoms with Gasteiger partial charge in [-0.3, -0.25) is 0 Å². The Hall–Kier alpha value is -0.300. The average Bonchev–Trinajstić information content (AvgIpc) is 2.20. The molecule has 1 heteroatoms. The van der Waals surface area contributed by atoms with Gasteiger partial charge in [0.15, 0.2) is 0 Å². The van der Waals surface area contributed by atoms with E-state index in [1.165, 1.54) is 25.7 Å². The molecular formula is C9H15N. The highest BCUT2D eigenvalue weighted by molar-refractivity contribution is 5.25. The molecular weight excluding hydrogens is 122 g/mol. The van der Waals surface area contributed by atoms with Crippen LogP contribution in [0, 0.1) is 5.92 Å². The van der Waals surface area contributed by atoms with Gasteiger partial charge in [0, 0.05) is 5.54 Å². The fourth-order valence-corrected chi connectivity index (χ4v) is 2.38. The molecule has 0 aliphatic heterocycles. The van der Waals surface area contributed by atoms with E-state index in [2.05, 4.69) is 13.0 Å². The molecule has 1 saturated carbocycles. The summed E-state index contributed by atoms with van der Waals surface area (Å²) in [7, 11) is 0. The number of hydrogen-bond donors (Lipinski definition) is 1. The highest BCUT2D eigenvalue weighted by Gasteiger charge is 2.34. The van der Waals surface area contributed by atoms with Gasteiger partial charge in [0.2, 0.25) is 0 Å². The first-order valence-electron chi connectivity index (χ1n) is 4.18. The van der Waals surface area contributed by atoms with Crippen molar-refractivity contribution in [2.24, 2.45) is 11.7 Å². The van der Waals surface area contributed by atoms with Crippen LogP contribution in [0.4, 0.5) is 0 Å².